The smallest absolute Gasteiger partial charge is 0.255 e. The Kier molecular flexibility index (Phi) is 4.41. The van der Waals surface area contributed by atoms with Gasteiger partial charge in [0, 0.05) is 11.9 Å². The van der Waals surface area contributed by atoms with Crippen molar-refractivity contribution in [2.45, 2.75) is 39.2 Å². The number of hydrogen-bond donors (Lipinski definition) is 3. The van der Waals surface area contributed by atoms with E-state index in [4.69, 9.17) is 5.73 Å². The third-order valence-corrected chi connectivity index (χ3v) is 4.08. The van der Waals surface area contributed by atoms with Gasteiger partial charge in [-0.25, -0.2) is 9.98 Å². The van der Waals surface area contributed by atoms with Crippen LogP contribution in [0.2, 0.25) is 0 Å². The first-order valence-corrected chi connectivity index (χ1v) is 7.86. The second-order valence-electron chi connectivity index (χ2n) is 5.80. The Morgan fingerprint density at radius 3 is 3.04 bits per heavy atom. The molecule has 6 nitrogen and oxygen atoms in total. The molecular formula is C17H21N5O. The van der Waals surface area contributed by atoms with E-state index >= 15 is 0 Å². The Morgan fingerprint density at radius 1 is 1.39 bits per heavy atom. The van der Waals surface area contributed by atoms with E-state index in [0.29, 0.717) is 17.3 Å². The van der Waals surface area contributed by atoms with Crippen LogP contribution >= 0.6 is 0 Å². The summed E-state index contributed by atoms with van der Waals surface area (Å²) in [6.07, 6.45) is 6.16. The Labute approximate surface area is 134 Å². The van der Waals surface area contributed by atoms with Crippen molar-refractivity contribution in [3.8, 4) is 0 Å². The number of aliphatic imine (C=N–C) groups is 1. The van der Waals surface area contributed by atoms with E-state index in [9.17, 15) is 4.79 Å². The van der Waals surface area contributed by atoms with E-state index in [-0.39, 0.29) is 12.1 Å². The molecule has 1 aromatic heterocycles. The van der Waals surface area contributed by atoms with Crippen molar-refractivity contribution in [2.75, 3.05) is 5.32 Å². The molecule has 1 aliphatic carbocycles. The minimum absolute atomic E-state index is 0.175. The zero-order chi connectivity index (χ0) is 16.2. The van der Waals surface area contributed by atoms with Crippen molar-refractivity contribution >= 4 is 11.6 Å². The number of guanidine groups is 1. The summed E-state index contributed by atoms with van der Waals surface area (Å²) < 4.78 is 0. The first-order valence-electron chi connectivity index (χ1n) is 7.86. The quantitative estimate of drug-likeness (QED) is 0.595. The molecule has 23 heavy (non-hydrogen) atoms. The van der Waals surface area contributed by atoms with E-state index in [1.165, 1.54) is 30.2 Å². The molecule has 1 heterocycles. The molecule has 0 aliphatic heterocycles. The summed E-state index contributed by atoms with van der Waals surface area (Å²) in [5, 5.41) is 3.17. The van der Waals surface area contributed by atoms with Gasteiger partial charge >= 0.3 is 0 Å². The van der Waals surface area contributed by atoms with E-state index in [1.807, 2.05) is 12.1 Å². The van der Waals surface area contributed by atoms with Crippen molar-refractivity contribution in [3.05, 3.63) is 57.3 Å². The molecule has 0 spiro atoms. The maximum atomic E-state index is 11.8. The Morgan fingerprint density at radius 2 is 2.22 bits per heavy atom. The number of hydrogen-bond acceptors (Lipinski definition) is 3. The molecule has 0 unspecified atom stereocenters. The predicted octanol–water partition coefficient (Wildman–Crippen LogP) is 1.88. The van der Waals surface area contributed by atoms with Gasteiger partial charge < -0.3 is 16.0 Å². The number of anilines is 1. The van der Waals surface area contributed by atoms with Crippen LogP contribution in [-0.4, -0.2) is 15.9 Å². The van der Waals surface area contributed by atoms with Gasteiger partial charge in [-0.15, -0.1) is 0 Å². The molecule has 0 radical (unpaired) electrons. The van der Waals surface area contributed by atoms with Crippen molar-refractivity contribution in [1.29, 1.82) is 0 Å². The Bertz CT molecular complexity index is 794. The highest BCUT2D eigenvalue weighted by Crippen LogP contribution is 2.27. The first kappa shape index (κ1) is 15.3. The molecule has 120 valence electrons. The monoisotopic (exact) mass is 311 g/mol. The first-order chi connectivity index (χ1) is 11.1. The van der Waals surface area contributed by atoms with E-state index in [2.05, 4.69) is 26.3 Å². The molecule has 0 saturated carbocycles. The van der Waals surface area contributed by atoms with Gasteiger partial charge in [0.2, 0.25) is 0 Å². The van der Waals surface area contributed by atoms with Crippen LogP contribution in [0.15, 0.2) is 34.2 Å². The third kappa shape index (κ3) is 3.59. The number of H-pyrrole nitrogens is 1. The average Bonchev–Trinajstić information content (AvgIpc) is 2.54. The van der Waals surface area contributed by atoms with Crippen molar-refractivity contribution in [3.63, 3.8) is 0 Å². The van der Waals surface area contributed by atoms with Crippen LogP contribution in [0, 0.1) is 6.92 Å². The van der Waals surface area contributed by atoms with Gasteiger partial charge in [0.25, 0.3) is 5.56 Å². The van der Waals surface area contributed by atoms with Gasteiger partial charge in [-0.2, -0.15) is 0 Å². The molecule has 4 N–H and O–H groups in total. The maximum absolute atomic E-state index is 11.8. The van der Waals surface area contributed by atoms with E-state index in [1.54, 1.807) is 6.92 Å². The highest BCUT2D eigenvalue weighted by Gasteiger charge is 2.13. The maximum Gasteiger partial charge on any atom is 0.255 e. The summed E-state index contributed by atoms with van der Waals surface area (Å²) in [6.45, 7) is 1.94. The molecule has 1 aliphatic rings. The van der Waals surface area contributed by atoms with Crippen LogP contribution in [0.3, 0.4) is 0 Å². The number of nitrogens with two attached hydrogens (primary N) is 1. The van der Waals surface area contributed by atoms with Gasteiger partial charge in [-0.1, -0.05) is 12.1 Å². The average molecular weight is 311 g/mol. The summed E-state index contributed by atoms with van der Waals surface area (Å²) in [5.74, 6) is 0.897. The highest BCUT2D eigenvalue weighted by atomic mass is 16.1. The van der Waals surface area contributed by atoms with E-state index < -0.39 is 0 Å². The Hall–Kier alpha value is -2.63. The largest absolute Gasteiger partial charge is 0.370 e. The lowest BCUT2D eigenvalue weighted by Crippen LogP contribution is -2.25. The van der Waals surface area contributed by atoms with Crippen LogP contribution in [0.1, 0.15) is 35.4 Å². The second-order valence-corrected chi connectivity index (χ2v) is 5.80. The second kappa shape index (κ2) is 6.64. The molecule has 0 bridgehead atoms. The van der Waals surface area contributed by atoms with Crippen molar-refractivity contribution in [1.82, 2.24) is 9.97 Å². The lowest BCUT2D eigenvalue weighted by atomic mass is 9.90. The van der Waals surface area contributed by atoms with Crippen molar-refractivity contribution < 1.29 is 0 Å². The number of aryl methyl sites for hydroxylation is 2. The minimum Gasteiger partial charge on any atom is -0.370 e. The number of aromatic nitrogens is 2. The fourth-order valence-electron chi connectivity index (χ4n) is 2.87. The number of fused-ring (bicyclic) bond motifs is 1. The number of benzene rings is 1. The zero-order valence-electron chi connectivity index (χ0n) is 13.2. The minimum atomic E-state index is -0.175. The number of aromatic amines is 1. The summed E-state index contributed by atoms with van der Waals surface area (Å²) >= 11 is 0. The molecule has 0 atom stereocenters. The SMILES string of the molecule is Cc1ncc(CN=C(N)Nc2cccc3c2CCCC3)c(=O)[nH]1. The van der Waals surface area contributed by atoms with Gasteiger partial charge in [-0.05, 0) is 49.8 Å². The summed E-state index contributed by atoms with van der Waals surface area (Å²) in [4.78, 5) is 22.8. The van der Waals surface area contributed by atoms with Crippen LogP contribution in [0.25, 0.3) is 0 Å². The van der Waals surface area contributed by atoms with Gasteiger partial charge in [0.1, 0.15) is 5.82 Å². The topological polar surface area (TPSA) is 96.2 Å². The summed E-state index contributed by atoms with van der Waals surface area (Å²) in [5.41, 5.74) is 10.0. The zero-order valence-corrected chi connectivity index (χ0v) is 13.2. The third-order valence-electron chi connectivity index (χ3n) is 4.08. The standard InChI is InChI=1S/C17H21N5O/c1-11-19-9-13(16(23)21-11)10-20-17(18)22-15-8-4-6-12-5-2-3-7-14(12)15/h4,6,8-9H,2-3,5,7,10H2,1H3,(H3,18,20,22)(H,19,21,23). The molecular weight excluding hydrogens is 290 g/mol. The molecule has 2 aromatic rings. The number of nitrogens with one attached hydrogen (secondary N) is 2. The molecule has 0 fully saturated rings. The summed E-state index contributed by atoms with van der Waals surface area (Å²) in [6, 6.07) is 6.23. The predicted molar refractivity (Wildman–Crippen MR) is 91.6 cm³/mol. The van der Waals surface area contributed by atoms with Crippen LogP contribution in [0.4, 0.5) is 5.69 Å². The van der Waals surface area contributed by atoms with Crippen LogP contribution in [0.5, 0.6) is 0 Å². The molecule has 6 heteroatoms. The van der Waals surface area contributed by atoms with Gasteiger partial charge in [0.15, 0.2) is 5.96 Å². The molecule has 1 aromatic carbocycles. The number of rotatable bonds is 3. The lowest BCUT2D eigenvalue weighted by molar-refractivity contribution is 0.687. The van der Waals surface area contributed by atoms with Gasteiger partial charge in [0.05, 0.1) is 12.1 Å². The van der Waals surface area contributed by atoms with Crippen LogP contribution in [-0.2, 0) is 19.4 Å². The molecule has 3 rings (SSSR count). The molecule has 0 amide bonds. The normalized spacial score (nSPS) is 14.4. The van der Waals surface area contributed by atoms with E-state index in [0.717, 1.165) is 18.5 Å². The molecule has 0 saturated heterocycles. The van der Waals surface area contributed by atoms with Gasteiger partial charge in [-0.3, -0.25) is 4.79 Å². The van der Waals surface area contributed by atoms with Crippen molar-refractivity contribution in [2.24, 2.45) is 10.7 Å². The lowest BCUT2D eigenvalue weighted by Gasteiger charge is -2.19. The Balaban J connectivity index is 1.74. The summed E-state index contributed by atoms with van der Waals surface area (Å²) in [7, 11) is 0. The fourth-order valence-corrected chi connectivity index (χ4v) is 2.87. The fraction of sp³-hybridized carbons (Fsp3) is 0.353. The van der Waals surface area contributed by atoms with Crippen LogP contribution < -0.4 is 16.6 Å². The number of nitrogens with zero attached hydrogens (tertiary/aromatic N) is 2. The highest BCUT2D eigenvalue weighted by molar-refractivity contribution is 5.93.